The Kier molecular flexibility index (Phi) is 5.78. The molecule has 4 heteroatoms. The van der Waals surface area contributed by atoms with E-state index in [1.807, 2.05) is 43.3 Å². The SMILES string of the molecule is CCOCCCC(C(=O)O)c1ccc2cc(OC)ccc2c1. The number of methoxy groups -OCH3 is 1. The van der Waals surface area contributed by atoms with Crippen LogP contribution in [0.4, 0.5) is 0 Å². The Labute approximate surface area is 130 Å². The molecule has 0 aliphatic rings. The lowest BCUT2D eigenvalue weighted by Gasteiger charge is -2.14. The van der Waals surface area contributed by atoms with E-state index in [1.54, 1.807) is 7.11 Å². The maximum atomic E-state index is 11.5. The summed E-state index contributed by atoms with van der Waals surface area (Å²) in [6, 6.07) is 11.6. The highest BCUT2D eigenvalue weighted by Gasteiger charge is 2.19. The van der Waals surface area contributed by atoms with Gasteiger partial charge in [-0.05, 0) is 48.2 Å². The predicted octanol–water partition coefficient (Wildman–Crippen LogP) is 3.83. The first-order valence-corrected chi connectivity index (χ1v) is 7.54. The number of carboxylic acids is 1. The third kappa shape index (κ3) is 3.98. The van der Waals surface area contributed by atoms with Crippen LogP contribution < -0.4 is 4.74 Å². The number of hydrogen-bond acceptors (Lipinski definition) is 3. The van der Waals surface area contributed by atoms with Crippen molar-refractivity contribution >= 4 is 16.7 Å². The van der Waals surface area contributed by atoms with Crippen molar-refractivity contribution in [1.29, 1.82) is 0 Å². The minimum atomic E-state index is -0.788. The third-order valence-electron chi connectivity index (χ3n) is 3.76. The van der Waals surface area contributed by atoms with Crippen LogP contribution in [0.2, 0.25) is 0 Å². The molecule has 0 aromatic heterocycles. The van der Waals surface area contributed by atoms with Crippen LogP contribution in [-0.4, -0.2) is 31.4 Å². The second-order valence-electron chi connectivity index (χ2n) is 5.20. The smallest absolute Gasteiger partial charge is 0.310 e. The highest BCUT2D eigenvalue weighted by molar-refractivity contribution is 5.86. The van der Waals surface area contributed by atoms with Crippen molar-refractivity contribution in [2.45, 2.75) is 25.7 Å². The van der Waals surface area contributed by atoms with Crippen LogP contribution >= 0.6 is 0 Å². The van der Waals surface area contributed by atoms with E-state index in [0.29, 0.717) is 19.6 Å². The molecule has 2 aromatic carbocycles. The van der Waals surface area contributed by atoms with Gasteiger partial charge in [0, 0.05) is 13.2 Å². The summed E-state index contributed by atoms with van der Waals surface area (Å²) >= 11 is 0. The molecule has 0 fully saturated rings. The van der Waals surface area contributed by atoms with E-state index in [1.165, 1.54) is 0 Å². The molecule has 0 radical (unpaired) electrons. The van der Waals surface area contributed by atoms with Crippen molar-refractivity contribution in [3.05, 3.63) is 42.0 Å². The molecule has 2 aromatic rings. The van der Waals surface area contributed by atoms with Crippen LogP contribution in [0.25, 0.3) is 10.8 Å². The monoisotopic (exact) mass is 302 g/mol. The van der Waals surface area contributed by atoms with Gasteiger partial charge in [-0.3, -0.25) is 4.79 Å². The maximum absolute atomic E-state index is 11.5. The number of benzene rings is 2. The van der Waals surface area contributed by atoms with Gasteiger partial charge in [0.1, 0.15) is 5.75 Å². The molecule has 1 unspecified atom stereocenters. The Morgan fingerprint density at radius 1 is 1.18 bits per heavy atom. The minimum absolute atomic E-state index is 0.494. The van der Waals surface area contributed by atoms with E-state index in [4.69, 9.17) is 9.47 Å². The fourth-order valence-corrected chi connectivity index (χ4v) is 2.55. The Morgan fingerprint density at radius 3 is 2.59 bits per heavy atom. The molecule has 1 atom stereocenters. The van der Waals surface area contributed by atoms with Crippen LogP contribution in [0.3, 0.4) is 0 Å². The second kappa shape index (κ2) is 7.80. The molecule has 0 bridgehead atoms. The van der Waals surface area contributed by atoms with Crippen molar-refractivity contribution in [3.63, 3.8) is 0 Å². The lowest BCUT2D eigenvalue weighted by molar-refractivity contribution is -0.139. The summed E-state index contributed by atoms with van der Waals surface area (Å²) in [5.74, 6) is -0.483. The molecule has 0 saturated carbocycles. The number of aliphatic carboxylic acids is 1. The van der Waals surface area contributed by atoms with Crippen LogP contribution in [0.15, 0.2) is 36.4 Å². The van der Waals surface area contributed by atoms with Crippen molar-refractivity contribution in [2.75, 3.05) is 20.3 Å². The normalized spacial score (nSPS) is 12.3. The van der Waals surface area contributed by atoms with E-state index in [0.717, 1.165) is 28.5 Å². The Balaban J connectivity index is 2.20. The predicted molar refractivity (Wildman–Crippen MR) is 86.6 cm³/mol. The fourth-order valence-electron chi connectivity index (χ4n) is 2.55. The van der Waals surface area contributed by atoms with Gasteiger partial charge in [-0.15, -0.1) is 0 Å². The molecule has 4 nitrogen and oxygen atoms in total. The average molecular weight is 302 g/mol. The zero-order valence-corrected chi connectivity index (χ0v) is 13.0. The number of rotatable bonds is 8. The summed E-state index contributed by atoms with van der Waals surface area (Å²) in [6.07, 6.45) is 1.32. The van der Waals surface area contributed by atoms with Crippen LogP contribution in [0.5, 0.6) is 5.75 Å². The molecule has 1 N–H and O–H groups in total. The van der Waals surface area contributed by atoms with Crippen molar-refractivity contribution < 1.29 is 19.4 Å². The average Bonchev–Trinajstić information content (AvgIpc) is 2.53. The topological polar surface area (TPSA) is 55.8 Å². The molecule has 0 aliphatic carbocycles. The van der Waals surface area contributed by atoms with Crippen LogP contribution in [0, 0.1) is 0 Å². The van der Waals surface area contributed by atoms with E-state index >= 15 is 0 Å². The van der Waals surface area contributed by atoms with Crippen molar-refractivity contribution in [1.82, 2.24) is 0 Å². The molecule has 0 saturated heterocycles. The molecular weight excluding hydrogens is 280 g/mol. The molecule has 0 aliphatic heterocycles. The molecule has 22 heavy (non-hydrogen) atoms. The first kappa shape index (κ1) is 16.3. The van der Waals surface area contributed by atoms with Crippen molar-refractivity contribution in [3.8, 4) is 5.75 Å². The Morgan fingerprint density at radius 2 is 1.91 bits per heavy atom. The summed E-state index contributed by atoms with van der Waals surface area (Å²) < 4.78 is 10.5. The molecule has 2 rings (SSSR count). The highest BCUT2D eigenvalue weighted by Crippen LogP contribution is 2.27. The summed E-state index contributed by atoms with van der Waals surface area (Å²) in [7, 11) is 1.63. The molecule has 0 heterocycles. The first-order chi connectivity index (χ1) is 10.7. The largest absolute Gasteiger partial charge is 0.497 e. The van der Waals surface area contributed by atoms with Gasteiger partial charge in [0.15, 0.2) is 0 Å². The van der Waals surface area contributed by atoms with E-state index in [2.05, 4.69) is 0 Å². The molecule has 118 valence electrons. The van der Waals surface area contributed by atoms with Gasteiger partial charge in [0.2, 0.25) is 0 Å². The quantitative estimate of drug-likeness (QED) is 0.753. The maximum Gasteiger partial charge on any atom is 0.310 e. The minimum Gasteiger partial charge on any atom is -0.497 e. The molecule has 0 spiro atoms. The van der Waals surface area contributed by atoms with Gasteiger partial charge in [-0.25, -0.2) is 0 Å². The van der Waals surface area contributed by atoms with Crippen LogP contribution in [-0.2, 0) is 9.53 Å². The summed E-state index contributed by atoms with van der Waals surface area (Å²) in [4.78, 5) is 11.5. The highest BCUT2D eigenvalue weighted by atomic mass is 16.5. The van der Waals surface area contributed by atoms with Gasteiger partial charge < -0.3 is 14.6 Å². The Hall–Kier alpha value is -2.07. The number of carbonyl (C=O) groups is 1. The van der Waals surface area contributed by atoms with Crippen molar-refractivity contribution in [2.24, 2.45) is 0 Å². The second-order valence-corrected chi connectivity index (χ2v) is 5.20. The van der Waals surface area contributed by atoms with Gasteiger partial charge in [-0.1, -0.05) is 24.3 Å². The number of fused-ring (bicyclic) bond motifs is 1. The van der Waals surface area contributed by atoms with Gasteiger partial charge in [-0.2, -0.15) is 0 Å². The van der Waals surface area contributed by atoms with E-state index < -0.39 is 11.9 Å². The summed E-state index contributed by atoms with van der Waals surface area (Å²) in [5.41, 5.74) is 0.835. The number of ether oxygens (including phenoxy) is 2. The lowest BCUT2D eigenvalue weighted by Crippen LogP contribution is -2.12. The van der Waals surface area contributed by atoms with Gasteiger partial charge in [0.05, 0.1) is 13.0 Å². The third-order valence-corrected chi connectivity index (χ3v) is 3.76. The number of hydrogen-bond donors (Lipinski definition) is 1. The fraction of sp³-hybridized carbons (Fsp3) is 0.389. The first-order valence-electron chi connectivity index (χ1n) is 7.54. The van der Waals surface area contributed by atoms with Crippen LogP contribution in [0.1, 0.15) is 31.2 Å². The van der Waals surface area contributed by atoms with Gasteiger partial charge in [0.25, 0.3) is 0 Å². The zero-order chi connectivity index (χ0) is 15.9. The van der Waals surface area contributed by atoms with Gasteiger partial charge >= 0.3 is 5.97 Å². The summed E-state index contributed by atoms with van der Waals surface area (Å²) in [5, 5.41) is 11.5. The standard InChI is InChI=1S/C18H22O4/c1-3-22-10-4-5-17(18(19)20)15-7-6-14-12-16(21-2)9-8-13(14)11-15/h6-9,11-12,17H,3-5,10H2,1-2H3,(H,19,20). The summed E-state index contributed by atoms with van der Waals surface area (Å²) in [6.45, 7) is 3.20. The van der Waals surface area contributed by atoms with E-state index in [9.17, 15) is 9.90 Å². The Bertz CT molecular complexity index is 636. The number of carboxylic acid groups (broad SMARTS) is 1. The lowest BCUT2D eigenvalue weighted by atomic mass is 9.92. The molecule has 0 amide bonds. The molecular formula is C18H22O4. The zero-order valence-electron chi connectivity index (χ0n) is 13.0. The van der Waals surface area contributed by atoms with E-state index in [-0.39, 0.29) is 0 Å².